The highest BCUT2D eigenvalue weighted by Gasteiger charge is 2.22. The number of nitriles is 3. The van der Waals surface area contributed by atoms with Crippen molar-refractivity contribution in [1.29, 1.82) is 15.8 Å². The molecule has 1 amide bonds. The number of rotatable bonds is 4. The molecule has 7 aromatic rings. The van der Waals surface area contributed by atoms with Crippen molar-refractivity contribution in [2.75, 3.05) is 13.1 Å². The van der Waals surface area contributed by atoms with E-state index in [0.717, 1.165) is 44.2 Å². The molecule has 7 rings (SSSR count). The van der Waals surface area contributed by atoms with Gasteiger partial charge in [0, 0.05) is 117 Å². The Hall–Kier alpha value is -5.47. The molecule has 0 saturated carbocycles. The molecule has 7 aromatic heterocycles. The lowest BCUT2D eigenvalue weighted by Crippen LogP contribution is -2.34. The monoisotopic (exact) mass is 1630 g/mol. The zero-order valence-electron chi connectivity index (χ0n) is 57.2. The van der Waals surface area contributed by atoms with Crippen LogP contribution in [-0.2, 0) is 9.30 Å². The van der Waals surface area contributed by atoms with E-state index in [1.165, 1.54) is 5.56 Å². The number of carboxylic acid groups (broad SMARTS) is 1. The molecule has 33 heteroatoms. The normalized spacial score (nSPS) is 9.74. The van der Waals surface area contributed by atoms with Crippen molar-refractivity contribution in [2.24, 2.45) is 0 Å². The molecule has 0 aliphatic rings. The maximum atomic E-state index is 11.8. The van der Waals surface area contributed by atoms with E-state index in [9.17, 15) is 29.4 Å². The first-order valence-electron chi connectivity index (χ1n) is 28.2. The van der Waals surface area contributed by atoms with Gasteiger partial charge in [-0.1, -0.05) is 117 Å². The third kappa shape index (κ3) is 48.3. The lowest BCUT2D eigenvalue weighted by Gasteiger charge is -2.20. The van der Waals surface area contributed by atoms with E-state index in [4.69, 9.17) is 142 Å². The fraction of sp³-hybridized carbons (Fsp3) is 0.369. The molecule has 1 N–H and O–H groups in total. The summed E-state index contributed by atoms with van der Waals surface area (Å²) in [4.78, 5) is 54.4. The Labute approximate surface area is 639 Å². The quantitative estimate of drug-likeness (QED) is 0.0326. The van der Waals surface area contributed by atoms with E-state index in [2.05, 4.69) is 64.7 Å². The zero-order valence-corrected chi connectivity index (χ0v) is 67.9. The van der Waals surface area contributed by atoms with E-state index in [1.807, 2.05) is 131 Å². The van der Waals surface area contributed by atoms with Gasteiger partial charge in [0.25, 0.3) is 5.69 Å². The number of hydrogen-bond acceptors (Lipinski definition) is 15. The van der Waals surface area contributed by atoms with E-state index < -0.39 is 31.3 Å². The molecule has 0 radical (unpaired) electrons. The highest BCUT2D eigenvalue weighted by Crippen LogP contribution is 2.61. The van der Waals surface area contributed by atoms with Crippen molar-refractivity contribution in [3.8, 4) is 18.2 Å². The number of ether oxygens (including phenoxy) is 1. The van der Waals surface area contributed by atoms with Crippen LogP contribution < -0.4 is 9.46 Å². The molecular weight excluding hydrogens is 1550 g/mol. The molecule has 0 aliphatic carbocycles. The molecule has 0 bridgehead atoms. The summed E-state index contributed by atoms with van der Waals surface area (Å²) < 4.78 is 14.8. The average molecular weight is 1630 g/mol. The van der Waals surface area contributed by atoms with Gasteiger partial charge in [0.1, 0.15) is 29.1 Å². The third-order valence-corrected chi connectivity index (χ3v) is 12.6. The second-order valence-corrected chi connectivity index (χ2v) is 32.8. The predicted molar refractivity (Wildman–Crippen MR) is 402 cm³/mol. The SMILES string of the molecule is CCN(CC)C(=O)Cl.Cc1cc(Cl)c(C)c(C#N)n1.Cc1cc(Cl)c(C)c(C(=O)O)n1.Cc1cc(Cl)c(C)c(C(=O)OC(C)(C)C)n1.Cc1ccc(C)[n+]([O-])c1.Cc1ccc(C)[n+]([O-])c1C#N.Cc1ccc(C)c(C#N)n1.Cc1ccc(C)nc1.ClC(Cl)Cl.ClC(Cl)Cl.O=P(Cl)(Cl)Cl. The highest BCUT2D eigenvalue weighted by molar-refractivity contribution is 8.24. The van der Waals surface area contributed by atoms with Crippen molar-refractivity contribution in [3.63, 3.8) is 0 Å². The summed E-state index contributed by atoms with van der Waals surface area (Å²) in [6.45, 7) is 36.0. The van der Waals surface area contributed by atoms with Crippen LogP contribution in [0.5, 0.6) is 0 Å². The summed E-state index contributed by atoms with van der Waals surface area (Å²) in [7, 11) is 0. The molecule has 0 spiro atoms. The summed E-state index contributed by atoms with van der Waals surface area (Å²) in [6, 6.07) is 26.0. The summed E-state index contributed by atoms with van der Waals surface area (Å²) in [5.74, 6) is -1.48. The zero-order chi connectivity index (χ0) is 77.3. The molecule has 0 fully saturated rings. The number of carbonyl (C=O) groups excluding carboxylic acids is 2. The number of carbonyl (C=O) groups is 3. The molecule has 0 unspecified atom stereocenters. The molecule has 7 heterocycles. The molecule has 0 aliphatic heterocycles. The molecule has 19 nitrogen and oxygen atoms in total. The summed E-state index contributed by atoms with van der Waals surface area (Å²) in [5, 5.41) is 54.2. The predicted octanol–water partition coefficient (Wildman–Crippen LogP) is 21.1. The fourth-order valence-corrected chi connectivity index (χ4v) is 7.19. The first kappa shape index (κ1) is 98.9. The number of amides is 1. The van der Waals surface area contributed by atoms with Crippen LogP contribution in [0, 0.1) is 141 Å². The minimum absolute atomic E-state index is 0.0278. The van der Waals surface area contributed by atoms with Crippen LogP contribution in [0.1, 0.15) is 151 Å². The minimum Gasteiger partial charge on any atom is -0.619 e. The Bertz CT molecular complexity index is 3800. The Morgan fingerprint density at radius 2 is 0.969 bits per heavy atom. The maximum absolute atomic E-state index is 11.8. The van der Waals surface area contributed by atoms with Gasteiger partial charge < -0.3 is 25.2 Å². The van der Waals surface area contributed by atoms with Crippen molar-refractivity contribution < 1.29 is 38.3 Å². The number of aromatic carboxylic acids is 1. The van der Waals surface area contributed by atoms with Crippen molar-refractivity contribution in [1.82, 2.24) is 29.8 Å². The van der Waals surface area contributed by atoms with Crippen LogP contribution in [-0.4, -0.2) is 79.5 Å². The van der Waals surface area contributed by atoms with Crippen LogP contribution in [0.25, 0.3) is 0 Å². The summed E-state index contributed by atoms with van der Waals surface area (Å²) in [5.41, 5.74) is 12.0. The van der Waals surface area contributed by atoms with E-state index in [1.54, 1.807) is 96.8 Å². The first-order valence-corrected chi connectivity index (χ1v) is 36.8. The lowest BCUT2D eigenvalue weighted by atomic mass is 10.1. The van der Waals surface area contributed by atoms with Crippen LogP contribution in [0.4, 0.5) is 4.79 Å². The molecule has 98 heavy (non-hydrogen) atoms. The van der Waals surface area contributed by atoms with Gasteiger partial charge in [0.05, 0.1) is 0 Å². The number of nitrogens with zero attached hydrogens (tertiary/aromatic N) is 11. The fourth-order valence-electron chi connectivity index (χ4n) is 6.21. The third-order valence-electron chi connectivity index (χ3n) is 11.2. The van der Waals surface area contributed by atoms with Crippen LogP contribution in [0.2, 0.25) is 15.1 Å². The Morgan fingerprint density at radius 1 is 0.582 bits per heavy atom. The van der Waals surface area contributed by atoms with Gasteiger partial charge >= 0.3 is 22.5 Å². The first-order chi connectivity index (χ1) is 44.9. The number of aryl methyl sites for hydroxylation is 11. The maximum Gasteiger partial charge on any atom is 0.357 e. The molecule has 536 valence electrons. The largest absolute Gasteiger partial charge is 0.619 e. The van der Waals surface area contributed by atoms with Gasteiger partial charge in [-0.2, -0.15) is 25.2 Å². The van der Waals surface area contributed by atoms with Crippen molar-refractivity contribution in [2.45, 2.75) is 146 Å². The Kier molecular flexibility index (Phi) is 52.1. The minimum atomic E-state index is -3.22. The van der Waals surface area contributed by atoms with Gasteiger partial charge in [0.15, 0.2) is 43.6 Å². The van der Waals surface area contributed by atoms with Crippen LogP contribution >= 0.6 is 155 Å². The number of carboxylic acids is 1. The van der Waals surface area contributed by atoms with Crippen molar-refractivity contribution >= 4 is 172 Å². The second kappa shape index (κ2) is 51.6. The van der Waals surface area contributed by atoms with Gasteiger partial charge in [-0.3, -0.25) is 14.3 Å². The van der Waals surface area contributed by atoms with Gasteiger partial charge in [-0.15, -0.1) is 0 Å². The van der Waals surface area contributed by atoms with E-state index in [-0.39, 0.29) is 16.8 Å². The van der Waals surface area contributed by atoms with Crippen LogP contribution in [0.15, 0.2) is 79.1 Å². The lowest BCUT2D eigenvalue weighted by molar-refractivity contribution is -0.615. The number of halogens is 13. The molecule has 0 aromatic carbocycles. The van der Waals surface area contributed by atoms with Crippen molar-refractivity contribution in [3.05, 3.63) is 212 Å². The number of alkyl halides is 6. The standard InChI is InChI=1S/C12H16ClNO2.C8H7ClN2.C8H8ClNO2.C8H8N2O.C8H8N2.C7H9NO.C7H9N.C5H10ClNO.2CHCl3.Cl3OP/c1-7-6-9(13)8(2)10(14-7)11(15)16-12(3,4)5;1-5-3-7(9)6(2)8(4-10)11-5;1-4-3-6(9)5(2)7(10-4)8(11)12;1-6-3-4-7(2)10(11)8(6)5-9;1-6-3-4-7(2)10-8(6)5-9;1-6-3-4-7(2)8(9)5-6;1-6-3-4-7(2)8-5-6;1-3-7(4-2)5(6)8;2*2-1(3)4;1-5(2,3)4/h6H,1-5H3;3H,1-2H3;3H,1-2H3,(H,11,12);3-4H,1-2H3;3-4H,1-2H3;3-5H,1-2H3;3-5H,1-2H3;3-4H2,1-2H3;2*1H;. The highest BCUT2D eigenvalue weighted by atomic mass is 36.0. The summed E-state index contributed by atoms with van der Waals surface area (Å²) >= 11 is 65.4. The van der Waals surface area contributed by atoms with Gasteiger partial charge in [-0.05, 0) is 217 Å². The number of esters is 1. The molecule has 0 saturated heterocycles. The average Bonchev–Trinajstić information content (AvgIpc) is 0.854. The van der Waals surface area contributed by atoms with Gasteiger partial charge in [0.2, 0.25) is 0 Å². The van der Waals surface area contributed by atoms with E-state index >= 15 is 0 Å². The number of hydrogen-bond donors (Lipinski definition) is 1. The number of aromatic nitrogens is 7. The Morgan fingerprint density at radius 3 is 1.31 bits per heavy atom. The molecule has 0 atom stereocenters. The number of pyridine rings is 7. The Balaban J connectivity index is -0.000000506. The topological polar surface area (TPSA) is 291 Å². The second-order valence-electron chi connectivity index (χ2n) is 20.7. The van der Waals surface area contributed by atoms with E-state index in [0.29, 0.717) is 83.7 Å². The smallest absolute Gasteiger partial charge is 0.357 e. The summed E-state index contributed by atoms with van der Waals surface area (Å²) in [6.07, 6.45) is 3.44. The molecular formula is C65H77Cl13N11O8P. The van der Waals surface area contributed by atoms with Gasteiger partial charge in [-0.25, -0.2) is 29.5 Å². The van der Waals surface area contributed by atoms with Crippen LogP contribution in [0.3, 0.4) is 0 Å².